The fraction of sp³-hybridized carbons (Fsp3) is 0.438. The van der Waals surface area contributed by atoms with Crippen molar-refractivity contribution in [3.8, 4) is 0 Å². The topological polar surface area (TPSA) is 49.3 Å². The quantitative estimate of drug-likeness (QED) is 0.845. The maximum absolute atomic E-state index is 12.0. The lowest BCUT2D eigenvalue weighted by Gasteiger charge is -2.36. The van der Waals surface area contributed by atoms with Gasteiger partial charge in [-0.05, 0) is 0 Å². The lowest BCUT2D eigenvalue weighted by Crippen LogP contribution is -2.50. The average Bonchev–Trinajstić information content (AvgIpc) is 2.53. The van der Waals surface area contributed by atoms with E-state index in [1.807, 2.05) is 36.9 Å². The predicted molar refractivity (Wildman–Crippen MR) is 83.2 cm³/mol. The normalized spacial score (nSPS) is 15.8. The summed E-state index contributed by atoms with van der Waals surface area (Å²) >= 11 is 0. The summed E-state index contributed by atoms with van der Waals surface area (Å²) in [6.07, 6.45) is 1.79. The zero-order valence-electron chi connectivity index (χ0n) is 12.5. The number of carbonyl (C=O) groups excluding carboxylic acids is 1. The molecule has 3 rings (SSSR count). The Kier molecular flexibility index (Phi) is 3.73. The van der Waals surface area contributed by atoms with E-state index in [2.05, 4.69) is 21.2 Å². The van der Waals surface area contributed by atoms with E-state index in [1.165, 1.54) is 0 Å². The average molecular weight is 284 g/mol. The molecule has 110 valence electrons. The minimum atomic E-state index is 0.0638. The van der Waals surface area contributed by atoms with Crippen LogP contribution in [0, 0.1) is 5.92 Å². The molecule has 1 fully saturated rings. The number of anilines is 1. The van der Waals surface area contributed by atoms with Crippen LogP contribution in [0.3, 0.4) is 0 Å². The third-order valence-corrected chi connectivity index (χ3v) is 3.94. The molecule has 5 nitrogen and oxygen atoms in total. The lowest BCUT2D eigenvalue weighted by molar-refractivity contribution is -0.134. The second-order valence-corrected chi connectivity index (χ2v) is 5.72. The number of aromatic nitrogens is 2. The minimum Gasteiger partial charge on any atom is -0.351 e. The van der Waals surface area contributed by atoms with Gasteiger partial charge in [0.15, 0.2) is 5.82 Å². The Morgan fingerprint density at radius 3 is 2.57 bits per heavy atom. The smallest absolute Gasteiger partial charge is 0.225 e. The molecule has 21 heavy (non-hydrogen) atoms. The van der Waals surface area contributed by atoms with Crippen molar-refractivity contribution in [2.45, 2.75) is 13.8 Å². The zero-order valence-corrected chi connectivity index (χ0v) is 12.5. The van der Waals surface area contributed by atoms with E-state index in [9.17, 15) is 4.79 Å². The maximum atomic E-state index is 12.0. The summed E-state index contributed by atoms with van der Waals surface area (Å²) in [4.78, 5) is 16.2. The molecule has 0 radical (unpaired) electrons. The molecular weight excluding hydrogens is 264 g/mol. The van der Waals surface area contributed by atoms with Crippen LogP contribution in [-0.4, -0.2) is 47.2 Å². The molecule has 1 aliphatic rings. The molecule has 2 heterocycles. The van der Waals surface area contributed by atoms with Gasteiger partial charge in [-0.3, -0.25) is 4.79 Å². The van der Waals surface area contributed by atoms with Crippen LogP contribution < -0.4 is 4.90 Å². The van der Waals surface area contributed by atoms with Crippen LogP contribution in [0.2, 0.25) is 0 Å². The van der Waals surface area contributed by atoms with E-state index in [-0.39, 0.29) is 11.8 Å². The molecule has 0 unspecified atom stereocenters. The van der Waals surface area contributed by atoms with Crippen LogP contribution >= 0.6 is 0 Å². The summed E-state index contributed by atoms with van der Waals surface area (Å²) in [6, 6.07) is 8.15. The first-order valence-electron chi connectivity index (χ1n) is 7.41. The molecule has 1 aliphatic heterocycles. The largest absolute Gasteiger partial charge is 0.351 e. The van der Waals surface area contributed by atoms with E-state index in [1.54, 1.807) is 6.20 Å². The van der Waals surface area contributed by atoms with Gasteiger partial charge in [-0.15, -0.1) is 5.10 Å². The summed E-state index contributed by atoms with van der Waals surface area (Å²) in [5.41, 5.74) is 0. The molecule has 5 heteroatoms. The first-order chi connectivity index (χ1) is 10.2. The highest BCUT2D eigenvalue weighted by atomic mass is 16.2. The maximum Gasteiger partial charge on any atom is 0.225 e. The van der Waals surface area contributed by atoms with Crippen molar-refractivity contribution in [2.75, 3.05) is 31.1 Å². The van der Waals surface area contributed by atoms with Crippen molar-refractivity contribution in [3.63, 3.8) is 0 Å². The number of benzene rings is 1. The highest BCUT2D eigenvalue weighted by molar-refractivity contribution is 5.91. The van der Waals surface area contributed by atoms with E-state index < -0.39 is 0 Å². The van der Waals surface area contributed by atoms with E-state index >= 15 is 0 Å². The molecule has 0 aliphatic carbocycles. The van der Waals surface area contributed by atoms with Crippen molar-refractivity contribution in [1.29, 1.82) is 0 Å². The van der Waals surface area contributed by atoms with Crippen LogP contribution in [0.4, 0.5) is 5.82 Å². The number of carbonyl (C=O) groups is 1. The number of hydrogen-bond acceptors (Lipinski definition) is 4. The van der Waals surface area contributed by atoms with E-state index in [0.717, 1.165) is 42.8 Å². The van der Waals surface area contributed by atoms with Crippen LogP contribution in [0.15, 0.2) is 30.5 Å². The first-order valence-corrected chi connectivity index (χ1v) is 7.41. The fourth-order valence-corrected chi connectivity index (χ4v) is 2.75. The third kappa shape index (κ3) is 2.68. The summed E-state index contributed by atoms with van der Waals surface area (Å²) in [5.74, 6) is 1.22. The highest BCUT2D eigenvalue weighted by Crippen LogP contribution is 2.24. The molecule has 1 aromatic heterocycles. The Bertz CT molecular complexity index is 642. The third-order valence-electron chi connectivity index (χ3n) is 3.94. The van der Waals surface area contributed by atoms with Crippen molar-refractivity contribution in [1.82, 2.24) is 15.1 Å². The number of fused-ring (bicyclic) bond motifs is 1. The molecule has 1 amide bonds. The van der Waals surface area contributed by atoms with E-state index in [4.69, 9.17) is 0 Å². The number of piperazine rings is 1. The van der Waals surface area contributed by atoms with Gasteiger partial charge in [-0.2, -0.15) is 5.10 Å². The van der Waals surface area contributed by atoms with Crippen LogP contribution in [0.25, 0.3) is 10.8 Å². The van der Waals surface area contributed by atoms with Crippen LogP contribution in [0.1, 0.15) is 13.8 Å². The Hall–Kier alpha value is -2.17. The zero-order chi connectivity index (χ0) is 14.8. The van der Waals surface area contributed by atoms with Gasteiger partial charge in [0.2, 0.25) is 5.91 Å². The highest BCUT2D eigenvalue weighted by Gasteiger charge is 2.24. The summed E-state index contributed by atoms with van der Waals surface area (Å²) in [5, 5.41) is 10.6. The SMILES string of the molecule is CC(C)C(=O)N1CCN(c2nncc3ccccc23)CC1. The van der Waals surface area contributed by atoms with Gasteiger partial charge in [0.1, 0.15) is 0 Å². The van der Waals surface area contributed by atoms with Gasteiger partial charge in [-0.25, -0.2) is 0 Å². The summed E-state index contributed by atoms with van der Waals surface area (Å²) < 4.78 is 0. The standard InChI is InChI=1S/C16H20N4O/c1-12(2)16(21)20-9-7-19(8-10-20)15-14-6-4-3-5-13(14)11-17-18-15/h3-6,11-12H,7-10H2,1-2H3. The number of rotatable bonds is 2. The number of hydrogen-bond donors (Lipinski definition) is 0. The summed E-state index contributed by atoms with van der Waals surface area (Å²) in [7, 11) is 0. The van der Waals surface area contributed by atoms with Gasteiger partial charge >= 0.3 is 0 Å². The predicted octanol–water partition coefficient (Wildman–Crippen LogP) is 1.93. The Labute approximate surface area is 124 Å². The molecule has 1 aromatic carbocycles. The number of amides is 1. The van der Waals surface area contributed by atoms with Crippen molar-refractivity contribution < 1.29 is 4.79 Å². The molecule has 0 N–H and O–H groups in total. The fourth-order valence-electron chi connectivity index (χ4n) is 2.75. The Morgan fingerprint density at radius 2 is 1.86 bits per heavy atom. The summed E-state index contributed by atoms with van der Waals surface area (Å²) in [6.45, 7) is 7.02. The van der Waals surface area contributed by atoms with Crippen LogP contribution in [-0.2, 0) is 4.79 Å². The second-order valence-electron chi connectivity index (χ2n) is 5.72. The van der Waals surface area contributed by atoms with Crippen molar-refractivity contribution >= 4 is 22.5 Å². The van der Waals surface area contributed by atoms with E-state index in [0.29, 0.717) is 0 Å². The second kappa shape index (κ2) is 5.68. The van der Waals surface area contributed by atoms with Gasteiger partial charge in [0, 0.05) is 42.9 Å². The van der Waals surface area contributed by atoms with Gasteiger partial charge in [0.25, 0.3) is 0 Å². The van der Waals surface area contributed by atoms with Gasteiger partial charge < -0.3 is 9.80 Å². The van der Waals surface area contributed by atoms with Crippen molar-refractivity contribution in [2.24, 2.45) is 5.92 Å². The molecule has 0 bridgehead atoms. The molecule has 0 atom stereocenters. The number of nitrogens with zero attached hydrogens (tertiary/aromatic N) is 4. The Morgan fingerprint density at radius 1 is 1.14 bits per heavy atom. The molecule has 0 saturated carbocycles. The van der Waals surface area contributed by atoms with Gasteiger partial charge in [0.05, 0.1) is 6.20 Å². The van der Waals surface area contributed by atoms with Gasteiger partial charge in [-0.1, -0.05) is 38.1 Å². The lowest BCUT2D eigenvalue weighted by atomic mass is 10.1. The Balaban J connectivity index is 1.79. The minimum absolute atomic E-state index is 0.0638. The first kappa shape index (κ1) is 13.8. The van der Waals surface area contributed by atoms with Crippen LogP contribution in [0.5, 0.6) is 0 Å². The van der Waals surface area contributed by atoms with Crippen molar-refractivity contribution in [3.05, 3.63) is 30.5 Å². The molecule has 2 aromatic rings. The molecular formula is C16H20N4O. The monoisotopic (exact) mass is 284 g/mol. The molecule has 1 saturated heterocycles. The molecule has 0 spiro atoms.